The van der Waals surface area contributed by atoms with Gasteiger partial charge in [0.1, 0.15) is 18.5 Å². The second kappa shape index (κ2) is 7.62. The van der Waals surface area contributed by atoms with Crippen LogP contribution in [-0.2, 0) is 11.2 Å². The average molecular weight is 279 g/mol. The molecule has 112 valence electrons. The van der Waals surface area contributed by atoms with Crippen LogP contribution in [-0.4, -0.2) is 43.6 Å². The van der Waals surface area contributed by atoms with E-state index in [9.17, 15) is 5.11 Å². The lowest BCUT2D eigenvalue weighted by atomic mass is 9.89. The van der Waals surface area contributed by atoms with Crippen LogP contribution in [0.25, 0.3) is 0 Å². The first-order chi connectivity index (χ1) is 9.71. The highest BCUT2D eigenvalue weighted by atomic mass is 16.5. The van der Waals surface area contributed by atoms with Crippen molar-refractivity contribution in [2.45, 2.75) is 44.4 Å². The molecule has 4 heteroatoms. The van der Waals surface area contributed by atoms with Crippen LogP contribution in [0.5, 0.6) is 5.75 Å². The van der Waals surface area contributed by atoms with Crippen molar-refractivity contribution in [3.05, 3.63) is 29.8 Å². The Morgan fingerprint density at radius 1 is 1.30 bits per heavy atom. The normalized spacial score (nSPS) is 23.1. The molecular formula is C16H25NO3. The summed E-state index contributed by atoms with van der Waals surface area (Å²) < 4.78 is 10.8. The number of rotatable bonds is 8. The van der Waals surface area contributed by atoms with Crippen LogP contribution in [0.3, 0.4) is 0 Å². The van der Waals surface area contributed by atoms with Crippen molar-refractivity contribution in [1.29, 1.82) is 0 Å². The van der Waals surface area contributed by atoms with Gasteiger partial charge in [-0.3, -0.25) is 0 Å². The van der Waals surface area contributed by atoms with E-state index in [1.165, 1.54) is 5.56 Å². The zero-order valence-corrected chi connectivity index (χ0v) is 12.3. The molecule has 1 aliphatic carbocycles. The van der Waals surface area contributed by atoms with Gasteiger partial charge in [0.05, 0.1) is 6.10 Å². The first kappa shape index (κ1) is 15.3. The third-order valence-corrected chi connectivity index (χ3v) is 3.84. The van der Waals surface area contributed by atoms with Crippen molar-refractivity contribution < 1.29 is 14.6 Å². The van der Waals surface area contributed by atoms with Gasteiger partial charge < -0.3 is 19.9 Å². The molecule has 0 saturated heterocycles. The molecule has 0 radical (unpaired) electrons. The number of aliphatic hydroxyl groups excluding tert-OH is 1. The molecule has 1 aliphatic rings. The van der Waals surface area contributed by atoms with Crippen LogP contribution in [0.1, 0.15) is 25.3 Å². The summed E-state index contributed by atoms with van der Waals surface area (Å²) in [6.07, 6.45) is 2.99. The number of benzene rings is 1. The van der Waals surface area contributed by atoms with Gasteiger partial charge in [-0.15, -0.1) is 0 Å². The topological polar surface area (TPSA) is 50.7 Å². The molecule has 20 heavy (non-hydrogen) atoms. The van der Waals surface area contributed by atoms with Crippen molar-refractivity contribution in [3.8, 4) is 5.75 Å². The van der Waals surface area contributed by atoms with Crippen molar-refractivity contribution in [2.75, 3.05) is 20.3 Å². The maximum Gasteiger partial charge on any atom is 0.119 e. The Morgan fingerprint density at radius 2 is 2.00 bits per heavy atom. The van der Waals surface area contributed by atoms with E-state index < -0.39 is 6.10 Å². The number of hydrogen-bond donors (Lipinski definition) is 2. The fourth-order valence-corrected chi connectivity index (χ4v) is 2.30. The molecule has 1 fully saturated rings. The second-order valence-corrected chi connectivity index (χ2v) is 5.40. The largest absolute Gasteiger partial charge is 0.491 e. The van der Waals surface area contributed by atoms with Crippen LogP contribution >= 0.6 is 0 Å². The van der Waals surface area contributed by atoms with Gasteiger partial charge in [0.2, 0.25) is 0 Å². The zero-order chi connectivity index (χ0) is 14.4. The Morgan fingerprint density at radius 3 is 2.60 bits per heavy atom. The smallest absolute Gasteiger partial charge is 0.119 e. The van der Waals surface area contributed by atoms with Gasteiger partial charge in [0, 0.05) is 19.7 Å². The van der Waals surface area contributed by atoms with Crippen molar-refractivity contribution in [1.82, 2.24) is 5.32 Å². The minimum Gasteiger partial charge on any atom is -0.491 e. The number of ether oxygens (including phenoxy) is 2. The fraction of sp³-hybridized carbons (Fsp3) is 0.625. The molecule has 1 unspecified atom stereocenters. The van der Waals surface area contributed by atoms with Gasteiger partial charge in [-0.2, -0.15) is 0 Å². The predicted molar refractivity (Wildman–Crippen MR) is 79.1 cm³/mol. The highest BCUT2D eigenvalue weighted by molar-refractivity contribution is 5.27. The monoisotopic (exact) mass is 279 g/mol. The maximum absolute atomic E-state index is 9.88. The minimum atomic E-state index is -0.484. The summed E-state index contributed by atoms with van der Waals surface area (Å²) in [5, 5.41) is 13.2. The van der Waals surface area contributed by atoms with Crippen LogP contribution in [0.15, 0.2) is 24.3 Å². The van der Waals surface area contributed by atoms with E-state index in [0.29, 0.717) is 25.3 Å². The summed E-state index contributed by atoms with van der Waals surface area (Å²) >= 11 is 0. The molecular weight excluding hydrogens is 254 g/mol. The molecule has 0 heterocycles. The van der Waals surface area contributed by atoms with E-state index in [-0.39, 0.29) is 0 Å². The summed E-state index contributed by atoms with van der Waals surface area (Å²) in [6.45, 7) is 3.01. The van der Waals surface area contributed by atoms with Gasteiger partial charge in [-0.1, -0.05) is 19.1 Å². The molecule has 2 rings (SSSR count). The maximum atomic E-state index is 9.88. The summed E-state index contributed by atoms with van der Waals surface area (Å²) in [5.74, 6) is 0.810. The molecule has 0 bridgehead atoms. The first-order valence-electron chi connectivity index (χ1n) is 7.37. The van der Waals surface area contributed by atoms with Crippen LogP contribution in [0.2, 0.25) is 0 Å². The van der Waals surface area contributed by atoms with Gasteiger partial charge in [-0.25, -0.2) is 0 Å². The Kier molecular flexibility index (Phi) is 5.83. The molecule has 0 aliphatic heterocycles. The van der Waals surface area contributed by atoms with E-state index in [4.69, 9.17) is 9.47 Å². The third-order valence-electron chi connectivity index (χ3n) is 3.84. The van der Waals surface area contributed by atoms with Gasteiger partial charge >= 0.3 is 0 Å². The second-order valence-electron chi connectivity index (χ2n) is 5.40. The minimum absolute atomic E-state index is 0.318. The standard InChI is InChI=1S/C16H25NO3/c1-3-12-4-6-15(7-5-12)20-11-14(18)10-17-13-8-16(9-13)19-2/h4-7,13-14,16-18H,3,8-11H2,1-2H3. The van der Waals surface area contributed by atoms with Crippen molar-refractivity contribution in [3.63, 3.8) is 0 Å². The lowest BCUT2D eigenvalue weighted by Crippen LogP contribution is -2.48. The summed E-state index contributed by atoms with van der Waals surface area (Å²) in [5.41, 5.74) is 1.29. The van der Waals surface area contributed by atoms with E-state index in [1.807, 2.05) is 12.1 Å². The molecule has 1 aromatic carbocycles. The number of nitrogens with one attached hydrogen (secondary N) is 1. The van der Waals surface area contributed by atoms with E-state index in [0.717, 1.165) is 25.0 Å². The summed E-state index contributed by atoms with van der Waals surface area (Å²) in [4.78, 5) is 0. The van der Waals surface area contributed by atoms with E-state index in [2.05, 4.69) is 24.4 Å². The number of hydrogen-bond acceptors (Lipinski definition) is 4. The molecule has 1 aromatic rings. The molecule has 0 amide bonds. The fourth-order valence-electron chi connectivity index (χ4n) is 2.30. The number of aliphatic hydroxyl groups is 1. The molecule has 0 aromatic heterocycles. The Bertz CT molecular complexity index is 387. The quantitative estimate of drug-likeness (QED) is 0.761. The third kappa shape index (κ3) is 4.47. The average Bonchev–Trinajstić information content (AvgIpc) is 2.44. The van der Waals surface area contributed by atoms with Gasteiger partial charge in [-0.05, 0) is 37.0 Å². The molecule has 2 N–H and O–H groups in total. The lowest BCUT2D eigenvalue weighted by molar-refractivity contribution is 0.0117. The van der Waals surface area contributed by atoms with E-state index in [1.54, 1.807) is 7.11 Å². The molecule has 0 spiro atoms. The summed E-state index contributed by atoms with van der Waals surface area (Å²) in [7, 11) is 1.74. The molecule has 4 nitrogen and oxygen atoms in total. The van der Waals surface area contributed by atoms with Crippen LogP contribution in [0, 0.1) is 0 Å². The van der Waals surface area contributed by atoms with Gasteiger partial charge in [0.15, 0.2) is 0 Å². The van der Waals surface area contributed by atoms with Crippen LogP contribution < -0.4 is 10.1 Å². The Hall–Kier alpha value is -1.10. The first-order valence-corrected chi connectivity index (χ1v) is 7.37. The van der Waals surface area contributed by atoms with Crippen molar-refractivity contribution in [2.24, 2.45) is 0 Å². The summed E-state index contributed by atoms with van der Waals surface area (Å²) in [6, 6.07) is 8.49. The van der Waals surface area contributed by atoms with E-state index >= 15 is 0 Å². The molecule has 1 atom stereocenters. The zero-order valence-electron chi connectivity index (χ0n) is 12.3. The number of methoxy groups -OCH3 is 1. The SMILES string of the molecule is CCc1ccc(OCC(O)CNC2CC(OC)C2)cc1. The van der Waals surface area contributed by atoms with Crippen molar-refractivity contribution >= 4 is 0 Å². The Labute approximate surface area is 121 Å². The Balaban J connectivity index is 1.61. The molecule has 1 saturated carbocycles. The van der Waals surface area contributed by atoms with Crippen LogP contribution in [0.4, 0.5) is 0 Å². The predicted octanol–water partition coefficient (Wildman–Crippen LogP) is 1.76. The number of aryl methyl sites for hydroxylation is 1. The highest BCUT2D eigenvalue weighted by Gasteiger charge is 2.28. The lowest BCUT2D eigenvalue weighted by Gasteiger charge is -2.35. The van der Waals surface area contributed by atoms with Gasteiger partial charge in [0.25, 0.3) is 0 Å². The highest BCUT2D eigenvalue weighted by Crippen LogP contribution is 2.22.